The molecule has 10 heteroatoms. The highest BCUT2D eigenvalue weighted by atomic mass is 32.2. The molecule has 7 nitrogen and oxygen atoms in total. The molecule has 0 radical (unpaired) electrons. The highest BCUT2D eigenvalue weighted by Gasteiger charge is 2.41. The van der Waals surface area contributed by atoms with Gasteiger partial charge in [0.1, 0.15) is 35.5 Å². The van der Waals surface area contributed by atoms with E-state index in [-0.39, 0.29) is 23.5 Å². The Morgan fingerprint density at radius 2 is 2.00 bits per heavy atom. The number of thioether (sulfide) groups is 1. The molecule has 1 amide bonds. The molecule has 1 fully saturated rings. The quantitative estimate of drug-likeness (QED) is 0.691. The Bertz CT molecular complexity index is 914. The van der Waals surface area contributed by atoms with Crippen LogP contribution in [0.25, 0.3) is 0 Å². The third-order valence-electron chi connectivity index (χ3n) is 5.43. The molecule has 0 saturated carbocycles. The van der Waals surface area contributed by atoms with E-state index in [2.05, 4.69) is 10.1 Å². The number of rotatable bonds is 6. The van der Waals surface area contributed by atoms with Crippen LogP contribution < -0.4 is 0 Å². The second-order valence-electron chi connectivity index (χ2n) is 9.09. The van der Waals surface area contributed by atoms with Crippen molar-refractivity contribution in [1.29, 1.82) is 0 Å². The van der Waals surface area contributed by atoms with Gasteiger partial charge in [-0.25, -0.2) is 23.2 Å². The SMILES string of the molecule is C[C@@H](SC1CCN(C(=O)OC(C)(C)C)CC1)[C@](O)(Cn1cncn1)c1ccc(F)cc1F. The van der Waals surface area contributed by atoms with Gasteiger partial charge in [-0.15, -0.1) is 0 Å². The first-order valence-electron chi connectivity index (χ1n) is 10.6. The van der Waals surface area contributed by atoms with Gasteiger partial charge in [0.15, 0.2) is 0 Å². The molecule has 0 unspecified atom stereocenters. The zero-order chi connectivity index (χ0) is 23.5. The van der Waals surface area contributed by atoms with Crippen LogP contribution in [0.15, 0.2) is 30.9 Å². The maximum atomic E-state index is 14.7. The van der Waals surface area contributed by atoms with E-state index in [1.807, 2.05) is 27.7 Å². The van der Waals surface area contributed by atoms with Gasteiger partial charge in [-0.1, -0.05) is 13.0 Å². The highest BCUT2D eigenvalue weighted by Crippen LogP contribution is 2.40. The molecule has 0 aliphatic carbocycles. The van der Waals surface area contributed by atoms with E-state index < -0.39 is 28.1 Å². The Labute approximate surface area is 191 Å². The third kappa shape index (κ3) is 5.98. The van der Waals surface area contributed by atoms with Crippen molar-refractivity contribution in [3.05, 3.63) is 48.1 Å². The van der Waals surface area contributed by atoms with Crippen molar-refractivity contribution in [2.75, 3.05) is 13.1 Å². The minimum atomic E-state index is -1.64. The van der Waals surface area contributed by atoms with Crippen LogP contribution in [-0.4, -0.2) is 60.1 Å². The Morgan fingerprint density at radius 1 is 1.31 bits per heavy atom. The van der Waals surface area contributed by atoms with Crippen LogP contribution >= 0.6 is 11.8 Å². The van der Waals surface area contributed by atoms with Gasteiger partial charge >= 0.3 is 6.09 Å². The standard InChI is InChI=1S/C22H30F2N4O3S/c1-15(32-17-7-9-27(10-8-17)20(29)31-21(2,3)4)22(30,12-28-14-25-13-26-28)18-6-5-16(23)11-19(18)24/h5-6,11,13-15,17,30H,7-10,12H2,1-4H3/t15-,22-/m1/s1. The first-order valence-corrected chi connectivity index (χ1v) is 11.6. The van der Waals surface area contributed by atoms with Gasteiger partial charge in [0, 0.05) is 35.2 Å². The molecule has 2 heterocycles. The summed E-state index contributed by atoms with van der Waals surface area (Å²) in [6.45, 7) is 8.39. The van der Waals surface area contributed by atoms with Crippen molar-refractivity contribution in [3.8, 4) is 0 Å². The predicted octanol–water partition coefficient (Wildman–Crippen LogP) is 3.97. The summed E-state index contributed by atoms with van der Waals surface area (Å²) < 4.78 is 35.0. The lowest BCUT2D eigenvalue weighted by Gasteiger charge is -2.38. The Morgan fingerprint density at radius 3 is 2.56 bits per heavy atom. The molecule has 3 rings (SSSR count). The number of benzene rings is 1. The Hall–Kier alpha value is -2.20. The minimum absolute atomic E-state index is 0.0144. The maximum absolute atomic E-state index is 14.7. The normalized spacial score (nSPS) is 18.3. The van der Waals surface area contributed by atoms with Crippen LogP contribution in [-0.2, 0) is 16.9 Å². The number of aromatic nitrogens is 3. The number of piperidine rings is 1. The van der Waals surface area contributed by atoms with Gasteiger partial charge in [-0.3, -0.25) is 0 Å². The summed E-state index contributed by atoms with van der Waals surface area (Å²) in [6, 6.07) is 3.20. The molecular formula is C22H30F2N4O3S. The smallest absolute Gasteiger partial charge is 0.410 e. The number of ether oxygens (including phenoxy) is 1. The Balaban J connectivity index is 1.71. The molecule has 1 aliphatic rings. The minimum Gasteiger partial charge on any atom is -0.444 e. The van der Waals surface area contributed by atoms with E-state index >= 15 is 0 Å². The van der Waals surface area contributed by atoms with E-state index in [0.717, 1.165) is 25.0 Å². The fourth-order valence-corrected chi connectivity index (χ4v) is 5.22. The summed E-state index contributed by atoms with van der Waals surface area (Å²) in [4.78, 5) is 17.9. The molecular weight excluding hydrogens is 438 g/mol. The van der Waals surface area contributed by atoms with Crippen LogP contribution in [0.4, 0.5) is 13.6 Å². The molecule has 0 spiro atoms. The summed E-state index contributed by atoms with van der Waals surface area (Å²) in [7, 11) is 0. The topological polar surface area (TPSA) is 80.5 Å². The largest absolute Gasteiger partial charge is 0.444 e. The van der Waals surface area contributed by atoms with Crippen molar-refractivity contribution < 1.29 is 23.4 Å². The van der Waals surface area contributed by atoms with E-state index in [1.54, 1.807) is 4.90 Å². The molecule has 1 N–H and O–H groups in total. The van der Waals surface area contributed by atoms with Gasteiger partial charge in [-0.05, 0) is 39.7 Å². The molecule has 1 saturated heterocycles. The number of nitrogens with zero attached hydrogens (tertiary/aromatic N) is 4. The fraction of sp³-hybridized carbons (Fsp3) is 0.591. The van der Waals surface area contributed by atoms with Crippen LogP contribution in [0.5, 0.6) is 0 Å². The summed E-state index contributed by atoms with van der Waals surface area (Å²) in [6.07, 6.45) is 3.90. The number of hydrogen-bond donors (Lipinski definition) is 1. The van der Waals surface area contributed by atoms with Crippen molar-refractivity contribution in [1.82, 2.24) is 19.7 Å². The summed E-state index contributed by atoms with van der Waals surface area (Å²) in [5.41, 5.74) is -2.17. The zero-order valence-electron chi connectivity index (χ0n) is 18.8. The number of carbonyl (C=O) groups excluding carboxylic acids is 1. The first-order chi connectivity index (χ1) is 15.0. The van der Waals surface area contributed by atoms with Crippen LogP contribution in [0.3, 0.4) is 0 Å². The number of halogens is 2. The van der Waals surface area contributed by atoms with E-state index in [1.165, 1.54) is 35.2 Å². The number of amides is 1. The average molecular weight is 469 g/mol. The van der Waals surface area contributed by atoms with Gasteiger partial charge < -0.3 is 14.7 Å². The molecule has 176 valence electrons. The second kappa shape index (κ2) is 9.74. The molecule has 2 atom stereocenters. The zero-order valence-corrected chi connectivity index (χ0v) is 19.6. The number of likely N-dealkylation sites (tertiary alicyclic amines) is 1. The molecule has 0 bridgehead atoms. The third-order valence-corrected chi connectivity index (χ3v) is 7.08. The average Bonchev–Trinajstić information content (AvgIpc) is 3.19. The monoisotopic (exact) mass is 468 g/mol. The maximum Gasteiger partial charge on any atom is 0.410 e. The second-order valence-corrected chi connectivity index (χ2v) is 10.7. The van der Waals surface area contributed by atoms with E-state index in [9.17, 15) is 18.7 Å². The number of hydrogen-bond acceptors (Lipinski definition) is 6. The van der Waals surface area contributed by atoms with Crippen molar-refractivity contribution in [2.45, 2.75) is 68.8 Å². The highest BCUT2D eigenvalue weighted by molar-refractivity contribution is 8.00. The van der Waals surface area contributed by atoms with Crippen LogP contribution in [0, 0.1) is 11.6 Å². The van der Waals surface area contributed by atoms with Gasteiger partial charge in [0.2, 0.25) is 0 Å². The van der Waals surface area contributed by atoms with E-state index in [0.29, 0.717) is 13.1 Å². The molecule has 32 heavy (non-hydrogen) atoms. The lowest BCUT2D eigenvalue weighted by atomic mass is 9.90. The lowest BCUT2D eigenvalue weighted by Crippen LogP contribution is -2.45. The van der Waals surface area contributed by atoms with E-state index in [4.69, 9.17) is 4.74 Å². The lowest BCUT2D eigenvalue weighted by molar-refractivity contribution is 0.0125. The van der Waals surface area contributed by atoms with Gasteiger partial charge in [0.05, 0.1) is 6.54 Å². The van der Waals surface area contributed by atoms with Gasteiger partial charge in [-0.2, -0.15) is 16.9 Å². The predicted molar refractivity (Wildman–Crippen MR) is 118 cm³/mol. The molecule has 1 aromatic carbocycles. The summed E-state index contributed by atoms with van der Waals surface area (Å²) in [5.74, 6) is -1.51. The summed E-state index contributed by atoms with van der Waals surface area (Å²) in [5, 5.41) is 15.4. The fourth-order valence-electron chi connectivity index (χ4n) is 3.74. The van der Waals surface area contributed by atoms with Gasteiger partial charge in [0.25, 0.3) is 0 Å². The molecule has 1 aromatic heterocycles. The number of carbonyl (C=O) groups is 1. The number of aliphatic hydroxyl groups is 1. The summed E-state index contributed by atoms with van der Waals surface area (Å²) >= 11 is 1.53. The van der Waals surface area contributed by atoms with Crippen molar-refractivity contribution >= 4 is 17.9 Å². The van der Waals surface area contributed by atoms with Crippen LogP contribution in [0.1, 0.15) is 46.1 Å². The Kier molecular flexibility index (Phi) is 7.44. The molecule has 1 aliphatic heterocycles. The van der Waals surface area contributed by atoms with Crippen LogP contribution in [0.2, 0.25) is 0 Å². The molecule has 2 aromatic rings. The van der Waals surface area contributed by atoms with Crippen molar-refractivity contribution in [2.24, 2.45) is 0 Å². The van der Waals surface area contributed by atoms with Crippen molar-refractivity contribution in [3.63, 3.8) is 0 Å². The first kappa shape index (κ1) is 24.4.